The van der Waals surface area contributed by atoms with Crippen molar-refractivity contribution in [2.45, 2.75) is 31.7 Å². The molecule has 2 atom stereocenters. The second kappa shape index (κ2) is 11.2. The molecule has 1 saturated carbocycles. The SMILES string of the molecule is Cl.Cl.N[C@@H]1CCC[C@H]1CC(=O)NCCOc1ncc(Cl)cc1Cl. The van der Waals surface area contributed by atoms with Gasteiger partial charge in [0, 0.05) is 18.7 Å². The second-order valence-electron chi connectivity index (χ2n) is 5.20. The lowest BCUT2D eigenvalue weighted by Crippen LogP contribution is -2.33. The van der Waals surface area contributed by atoms with Gasteiger partial charge in [-0.15, -0.1) is 24.8 Å². The zero-order valence-corrected chi connectivity index (χ0v) is 15.6. The van der Waals surface area contributed by atoms with Gasteiger partial charge in [0.15, 0.2) is 0 Å². The molecule has 1 aromatic rings. The van der Waals surface area contributed by atoms with Crippen LogP contribution in [-0.4, -0.2) is 30.1 Å². The summed E-state index contributed by atoms with van der Waals surface area (Å²) >= 11 is 11.7. The van der Waals surface area contributed by atoms with Crippen LogP contribution >= 0.6 is 48.0 Å². The number of ether oxygens (including phenoxy) is 1. The molecule has 1 aliphatic carbocycles. The molecule has 0 aromatic carbocycles. The van der Waals surface area contributed by atoms with Crippen molar-refractivity contribution in [1.29, 1.82) is 0 Å². The Morgan fingerprint density at radius 1 is 1.39 bits per heavy atom. The minimum Gasteiger partial charge on any atom is -0.475 e. The predicted octanol–water partition coefficient (Wildman–Crippen LogP) is 3.24. The number of pyridine rings is 1. The summed E-state index contributed by atoms with van der Waals surface area (Å²) < 4.78 is 5.39. The Morgan fingerprint density at radius 3 is 2.74 bits per heavy atom. The van der Waals surface area contributed by atoms with Crippen molar-refractivity contribution in [3.63, 3.8) is 0 Å². The maximum Gasteiger partial charge on any atom is 0.232 e. The minimum atomic E-state index is 0. The van der Waals surface area contributed by atoms with E-state index in [1.54, 1.807) is 6.07 Å². The van der Waals surface area contributed by atoms with Gasteiger partial charge in [-0.2, -0.15) is 0 Å². The number of hydrogen-bond donors (Lipinski definition) is 2. The van der Waals surface area contributed by atoms with Crippen molar-refractivity contribution >= 4 is 53.9 Å². The molecule has 0 bridgehead atoms. The first-order valence-electron chi connectivity index (χ1n) is 7.02. The fraction of sp³-hybridized carbons (Fsp3) is 0.571. The summed E-state index contributed by atoms with van der Waals surface area (Å²) in [5, 5.41) is 3.62. The summed E-state index contributed by atoms with van der Waals surface area (Å²) in [5.41, 5.74) is 5.95. The number of aromatic nitrogens is 1. The Balaban J connectivity index is 0.00000242. The van der Waals surface area contributed by atoms with Crippen LogP contribution in [0.2, 0.25) is 10.0 Å². The van der Waals surface area contributed by atoms with Gasteiger partial charge in [0.1, 0.15) is 11.6 Å². The highest BCUT2D eigenvalue weighted by Crippen LogP contribution is 2.26. The largest absolute Gasteiger partial charge is 0.475 e. The Morgan fingerprint density at radius 2 is 2.13 bits per heavy atom. The lowest BCUT2D eigenvalue weighted by atomic mass is 10.00. The smallest absolute Gasteiger partial charge is 0.232 e. The molecule has 1 fully saturated rings. The molecule has 1 aromatic heterocycles. The molecular weight excluding hydrogens is 384 g/mol. The molecule has 0 saturated heterocycles. The summed E-state index contributed by atoms with van der Waals surface area (Å²) in [5.74, 6) is 0.627. The lowest BCUT2D eigenvalue weighted by molar-refractivity contribution is -0.122. The summed E-state index contributed by atoms with van der Waals surface area (Å²) in [6.45, 7) is 0.707. The van der Waals surface area contributed by atoms with Gasteiger partial charge >= 0.3 is 0 Å². The normalized spacial score (nSPS) is 19.4. The van der Waals surface area contributed by atoms with E-state index in [1.807, 2.05) is 0 Å². The molecule has 132 valence electrons. The number of carbonyl (C=O) groups is 1. The molecule has 9 heteroatoms. The predicted molar refractivity (Wildman–Crippen MR) is 97.2 cm³/mol. The van der Waals surface area contributed by atoms with Crippen LogP contribution < -0.4 is 15.8 Å². The monoisotopic (exact) mass is 403 g/mol. The third kappa shape index (κ3) is 7.31. The van der Waals surface area contributed by atoms with E-state index < -0.39 is 0 Å². The van der Waals surface area contributed by atoms with E-state index in [-0.39, 0.29) is 36.8 Å². The number of amides is 1. The van der Waals surface area contributed by atoms with Gasteiger partial charge in [0.25, 0.3) is 0 Å². The fourth-order valence-electron chi connectivity index (χ4n) is 2.48. The summed E-state index contributed by atoms with van der Waals surface area (Å²) in [6, 6.07) is 1.72. The summed E-state index contributed by atoms with van der Waals surface area (Å²) in [6.07, 6.45) is 5.12. The highest BCUT2D eigenvalue weighted by Gasteiger charge is 2.25. The maximum atomic E-state index is 11.8. The number of hydrogen-bond acceptors (Lipinski definition) is 4. The number of nitrogens with zero attached hydrogens (tertiary/aromatic N) is 1. The van der Waals surface area contributed by atoms with Crippen LogP contribution in [0.4, 0.5) is 0 Å². The standard InChI is InChI=1S/C14H19Cl2N3O2.2ClH/c15-10-7-11(16)14(19-8-10)21-5-4-18-13(20)6-9-2-1-3-12(9)17;;/h7-9,12H,1-6,17H2,(H,18,20);2*1H/t9-,12+;;/m0../s1. The fourth-order valence-corrected chi connectivity index (χ4v) is 2.91. The van der Waals surface area contributed by atoms with Gasteiger partial charge in [-0.1, -0.05) is 29.6 Å². The van der Waals surface area contributed by atoms with Crippen LogP contribution in [0.3, 0.4) is 0 Å². The number of carbonyl (C=O) groups excluding carboxylic acids is 1. The van der Waals surface area contributed by atoms with Gasteiger partial charge in [0.05, 0.1) is 11.6 Å². The van der Waals surface area contributed by atoms with E-state index in [9.17, 15) is 4.79 Å². The Hall–Kier alpha value is -0.460. The van der Waals surface area contributed by atoms with Gasteiger partial charge in [-0.05, 0) is 24.8 Å². The van der Waals surface area contributed by atoms with Crippen molar-refractivity contribution in [2.75, 3.05) is 13.2 Å². The van der Waals surface area contributed by atoms with Crippen molar-refractivity contribution in [1.82, 2.24) is 10.3 Å². The zero-order valence-electron chi connectivity index (χ0n) is 12.5. The molecule has 5 nitrogen and oxygen atoms in total. The van der Waals surface area contributed by atoms with E-state index in [1.165, 1.54) is 6.20 Å². The van der Waals surface area contributed by atoms with Crippen LogP contribution in [0.25, 0.3) is 0 Å². The molecular formula is C14H21Cl4N3O2. The average molecular weight is 405 g/mol. The van der Waals surface area contributed by atoms with Crippen LogP contribution in [0.5, 0.6) is 5.88 Å². The quantitative estimate of drug-likeness (QED) is 0.713. The molecule has 0 spiro atoms. The van der Waals surface area contributed by atoms with Crippen molar-refractivity contribution in [3.05, 3.63) is 22.3 Å². The first-order valence-corrected chi connectivity index (χ1v) is 7.78. The highest BCUT2D eigenvalue weighted by atomic mass is 35.5. The number of rotatable bonds is 6. The van der Waals surface area contributed by atoms with Crippen molar-refractivity contribution in [2.24, 2.45) is 11.7 Å². The Bertz CT molecular complexity index is 505. The van der Waals surface area contributed by atoms with E-state index >= 15 is 0 Å². The van der Waals surface area contributed by atoms with Crippen molar-refractivity contribution in [3.8, 4) is 5.88 Å². The van der Waals surface area contributed by atoms with E-state index in [2.05, 4.69) is 10.3 Å². The van der Waals surface area contributed by atoms with E-state index in [0.29, 0.717) is 41.4 Å². The molecule has 23 heavy (non-hydrogen) atoms. The summed E-state index contributed by atoms with van der Waals surface area (Å²) in [4.78, 5) is 15.8. The Labute approximate surface area is 158 Å². The molecule has 1 aliphatic rings. The van der Waals surface area contributed by atoms with Gasteiger partial charge in [-0.3, -0.25) is 4.79 Å². The molecule has 2 rings (SSSR count). The average Bonchev–Trinajstić information content (AvgIpc) is 2.82. The minimum absolute atomic E-state index is 0. The number of nitrogens with one attached hydrogen (secondary N) is 1. The molecule has 1 amide bonds. The highest BCUT2D eigenvalue weighted by molar-refractivity contribution is 6.35. The van der Waals surface area contributed by atoms with Gasteiger partial charge in [0.2, 0.25) is 11.8 Å². The van der Waals surface area contributed by atoms with Gasteiger partial charge in [-0.25, -0.2) is 4.98 Å². The molecule has 0 radical (unpaired) electrons. The van der Waals surface area contributed by atoms with E-state index in [0.717, 1.165) is 19.3 Å². The van der Waals surface area contributed by atoms with E-state index in [4.69, 9.17) is 33.7 Å². The Kier molecular flexibility index (Phi) is 10.9. The topological polar surface area (TPSA) is 77.2 Å². The van der Waals surface area contributed by atoms with Crippen molar-refractivity contribution < 1.29 is 9.53 Å². The molecule has 0 aliphatic heterocycles. The van der Waals surface area contributed by atoms with Gasteiger partial charge < -0.3 is 15.8 Å². The third-order valence-electron chi connectivity index (χ3n) is 3.60. The third-order valence-corrected chi connectivity index (χ3v) is 4.08. The number of halogens is 4. The van der Waals surface area contributed by atoms with Crippen LogP contribution in [0, 0.1) is 5.92 Å². The lowest BCUT2D eigenvalue weighted by Gasteiger charge is -2.14. The first-order chi connectivity index (χ1) is 10.1. The molecule has 1 heterocycles. The first kappa shape index (κ1) is 22.5. The molecule has 3 N–H and O–H groups in total. The maximum absolute atomic E-state index is 11.8. The summed E-state index contributed by atoms with van der Waals surface area (Å²) in [7, 11) is 0. The zero-order chi connectivity index (χ0) is 15.2. The molecule has 0 unspecified atom stereocenters. The number of nitrogens with two attached hydrogens (primary N) is 1. The van der Waals surface area contributed by atoms with Crippen LogP contribution in [0.15, 0.2) is 12.3 Å². The van der Waals surface area contributed by atoms with Crippen LogP contribution in [0.1, 0.15) is 25.7 Å². The van der Waals surface area contributed by atoms with Crippen LogP contribution in [-0.2, 0) is 4.79 Å². The second-order valence-corrected chi connectivity index (χ2v) is 6.04.